The molecular weight excluding hydrogens is 627 g/mol. The van der Waals surface area contributed by atoms with Crippen LogP contribution in [-0.2, 0) is 41.7 Å². The summed E-state index contributed by atoms with van der Waals surface area (Å²) >= 11 is 0. The van der Waals surface area contributed by atoms with E-state index in [1.54, 1.807) is 4.90 Å². The number of rotatable bonds is 9. The van der Waals surface area contributed by atoms with Gasteiger partial charge in [-0.05, 0) is 66.1 Å². The zero-order valence-corrected chi connectivity index (χ0v) is 27.5. The van der Waals surface area contributed by atoms with Crippen molar-refractivity contribution in [1.29, 1.82) is 0 Å². The Morgan fingerprint density at radius 2 is 1.53 bits per heavy atom. The molecule has 7 nitrogen and oxygen atoms in total. The highest BCUT2D eigenvalue weighted by Crippen LogP contribution is 2.29. The second kappa shape index (κ2) is 15.1. The van der Waals surface area contributed by atoms with Crippen LogP contribution in [0.4, 0.5) is 18.9 Å². The van der Waals surface area contributed by atoms with Gasteiger partial charge in [-0.3, -0.25) is 14.6 Å². The van der Waals surface area contributed by atoms with Crippen LogP contribution in [0.2, 0.25) is 0 Å². The zero-order valence-electron chi connectivity index (χ0n) is 27.5. The minimum Gasteiger partial charge on any atom is -0.369 e. The van der Waals surface area contributed by atoms with Crippen LogP contribution < -0.4 is 4.90 Å². The Hall–Kier alpha value is -4.96. The van der Waals surface area contributed by atoms with E-state index in [0.717, 1.165) is 67.2 Å². The van der Waals surface area contributed by atoms with E-state index in [9.17, 15) is 22.8 Å². The van der Waals surface area contributed by atoms with Crippen molar-refractivity contribution in [2.45, 2.75) is 38.1 Å². The summed E-state index contributed by atoms with van der Waals surface area (Å²) in [5.41, 5.74) is 4.52. The minimum absolute atomic E-state index is 0.151. The number of alkyl halides is 3. The number of aromatic nitrogens is 1. The van der Waals surface area contributed by atoms with Gasteiger partial charge in [0.15, 0.2) is 0 Å². The van der Waals surface area contributed by atoms with Gasteiger partial charge in [0.2, 0.25) is 11.8 Å². The van der Waals surface area contributed by atoms with Crippen LogP contribution in [0.15, 0.2) is 103 Å². The van der Waals surface area contributed by atoms with Crippen molar-refractivity contribution in [2.75, 3.05) is 44.7 Å². The number of carbonyl (C=O) groups excluding carboxylic acids is 2. The molecule has 49 heavy (non-hydrogen) atoms. The molecule has 0 N–H and O–H groups in total. The molecule has 10 heteroatoms. The van der Waals surface area contributed by atoms with Gasteiger partial charge >= 0.3 is 6.18 Å². The van der Waals surface area contributed by atoms with Crippen LogP contribution in [0.3, 0.4) is 0 Å². The fourth-order valence-electron chi connectivity index (χ4n) is 6.40. The minimum atomic E-state index is -4.51. The lowest BCUT2D eigenvalue weighted by molar-refractivity contribution is -0.144. The summed E-state index contributed by atoms with van der Waals surface area (Å²) in [5.74, 6) is -0.585. The number of nitrogens with zero attached hydrogens (tertiary/aromatic N) is 5. The summed E-state index contributed by atoms with van der Waals surface area (Å²) < 4.78 is 39.3. The molecule has 0 saturated carbocycles. The number of likely N-dealkylation sites (N-methyl/N-ethyl adjacent to an activating group) is 1. The lowest BCUT2D eigenvalue weighted by Gasteiger charge is -2.37. The number of benzene rings is 3. The van der Waals surface area contributed by atoms with E-state index in [-0.39, 0.29) is 18.1 Å². The third-order valence-electron chi connectivity index (χ3n) is 9.33. The molecule has 4 aromatic rings. The largest absolute Gasteiger partial charge is 0.417 e. The van der Waals surface area contributed by atoms with E-state index in [2.05, 4.69) is 40.0 Å². The van der Waals surface area contributed by atoms with Gasteiger partial charge in [-0.15, -0.1) is 0 Å². The molecule has 6 rings (SSSR count). The number of hydrogen-bond donors (Lipinski definition) is 0. The van der Waals surface area contributed by atoms with Gasteiger partial charge < -0.3 is 19.6 Å². The van der Waals surface area contributed by atoms with Crippen LogP contribution in [0.1, 0.15) is 33.5 Å². The first-order valence-electron chi connectivity index (χ1n) is 16.6. The Balaban J connectivity index is 1.31. The smallest absolute Gasteiger partial charge is 0.369 e. The Morgan fingerprint density at radius 3 is 2.20 bits per heavy atom. The van der Waals surface area contributed by atoms with E-state index < -0.39 is 23.7 Å². The van der Waals surface area contributed by atoms with Crippen molar-refractivity contribution in [3.63, 3.8) is 0 Å². The first kappa shape index (κ1) is 33.9. The molecule has 0 spiro atoms. The molecule has 3 heterocycles. The van der Waals surface area contributed by atoms with Crippen LogP contribution >= 0.6 is 0 Å². The molecule has 3 aromatic carbocycles. The average Bonchev–Trinajstić information content (AvgIpc) is 3.12. The van der Waals surface area contributed by atoms with Crippen molar-refractivity contribution in [2.24, 2.45) is 0 Å². The topological polar surface area (TPSA) is 60.0 Å². The SMILES string of the molecule is CN1CCN(c2ccc(CN(C(=O)C=Cc3ccc(C(F)(F)F)cn3)C(Cc3ccccc3)C(=O)N3CCc4ccccc4C3)cc2)CC1. The molecule has 1 atom stereocenters. The van der Waals surface area contributed by atoms with Crippen molar-refractivity contribution >= 4 is 23.6 Å². The van der Waals surface area contributed by atoms with E-state index in [4.69, 9.17) is 0 Å². The van der Waals surface area contributed by atoms with Crippen molar-refractivity contribution in [3.05, 3.63) is 137 Å². The summed E-state index contributed by atoms with van der Waals surface area (Å²) in [6.45, 7) is 4.97. The van der Waals surface area contributed by atoms with E-state index in [1.165, 1.54) is 23.8 Å². The predicted octanol–water partition coefficient (Wildman–Crippen LogP) is 6.09. The highest BCUT2D eigenvalue weighted by molar-refractivity contribution is 5.95. The average molecular weight is 668 g/mol. The summed E-state index contributed by atoms with van der Waals surface area (Å²) in [6, 6.07) is 27.1. The second-order valence-corrected chi connectivity index (χ2v) is 12.7. The first-order valence-corrected chi connectivity index (χ1v) is 16.6. The number of amides is 2. The number of pyridine rings is 1. The Bertz CT molecular complexity index is 1750. The van der Waals surface area contributed by atoms with Gasteiger partial charge in [-0.1, -0.05) is 66.7 Å². The molecule has 1 unspecified atom stereocenters. The van der Waals surface area contributed by atoms with Crippen molar-refractivity contribution in [1.82, 2.24) is 19.7 Å². The van der Waals surface area contributed by atoms with Crippen LogP contribution in [0, 0.1) is 0 Å². The maximum atomic E-state index is 14.5. The van der Waals surface area contributed by atoms with E-state index in [0.29, 0.717) is 19.5 Å². The fourth-order valence-corrected chi connectivity index (χ4v) is 6.40. The molecule has 0 radical (unpaired) electrons. The number of anilines is 1. The van der Waals surface area contributed by atoms with E-state index in [1.807, 2.05) is 65.6 Å². The summed E-state index contributed by atoms with van der Waals surface area (Å²) in [6.07, 6.45) is -0.0455. The number of piperazine rings is 1. The van der Waals surface area contributed by atoms with Crippen LogP contribution in [0.5, 0.6) is 0 Å². The molecule has 1 fully saturated rings. The normalized spacial score (nSPS) is 16.0. The Morgan fingerprint density at radius 1 is 0.837 bits per heavy atom. The van der Waals surface area contributed by atoms with Crippen LogP contribution in [0.25, 0.3) is 6.08 Å². The maximum Gasteiger partial charge on any atom is 0.417 e. The van der Waals surface area contributed by atoms with E-state index >= 15 is 0 Å². The standard InChI is InChI=1S/C39H40F3N5O2/c1-44-21-23-45(24-22-44)35-16-11-30(12-17-35)27-47(37(48)18-15-34-14-13-33(26-43-34)39(40,41)42)36(25-29-7-3-2-4-8-29)38(49)46-20-19-31-9-5-6-10-32(31)28-46/h2-18,26,36H,19-25,27-28H2,1H3. The third kappa shape index (κ3) is 8.56. The molecule has 2 aliphatic heterocycles. The molecule has 0 bridgehead atoms. The highest BCUT2D eigenvalue weighted by Gasteiger charge is 2.34. The van der Waals surface area contributed by atoms with Gasteiger partial charge in [0.1, 0.15) is 6.04 Å². The van der Waals surface area contributed by atoms with Gasteiger partial charge in [0.05, 0.1) is 11.3 Å². The van der Waals surface area contributed by atoms with Crippen molar-refractivity contribution in [3.8, 4) is 0 Å². The monoisotopic (exact) mass is 667 g/mol. The lowest BCUT2D eigenvalue weighted by atomic mass is 9.97. The zero-order chi connectivity index (χ0) is 34.4. The summed E-state index contributed by atoms with van der Waals surface area (Å²) in [4.78, 5) is 40.6. The highest BCUT2D eigenvalue weighted by atomic mass is 19.4. The summed E-state index contributed by atoms with van der Waals surface area (Å²) in [5, 5.41) is 0. The van der Waals surface area contributed by atoms with Gasteiger partial charge in [0.25, 0.3) is 0 Å². The molecule has 0 aliphatic carbocycles. The number of carbonyl (C=O) groups is 2. The number of halogens is 3. The van der Waals surface area contributed by atoms with Gasteiger partial charge in [0, 0.05) is 70.2 Å². The summed E-state index contributed by atoms with van der Waals surface area (Å²) in [7, 11) is 2.12. The fraction of sp³-hybridized carbons (Fsp3) is 0.308. The molecular formula is C39H40F3N5O2. The third-order valence-corrected chi connectivity index (χ3v) is 9.33. The Labute approximate surface area is 285 Å². The number of fused-ring (bicyclic) bond motifs is 1. The molecule has 2 amide bonds. The molecule has 254 valence electrons. The van der Waals surface area contributed by atoms with Crippen molar-refractivity contribution < 1.29 is 22.8 Å². The van der Waals surface area contributed by atoms with Gasteiger partial charge in [-0.2, -0.15) is 13.2 Å². The Kier molecular flexibility index (Phi) is 10.4. The lowest BCUT2D eigenvalue weighted by Crippen LogP contribution is -2.52. The number of hydrogen-bond acceptors (Lipinski definition) is 5. The maximum absolute atomic E-state index is 14.5. The molecule has 1 aromatic heterocycles. The quantitative estimate of drug-likeness (QED) is 0.202. The molecule has 2 aliphatic rings. The predicted molar refractivity (Wildman–Crippen MR) is 184 cm³/mol. The second-order valence-electron chi connectivity index (χ2n) is 12.7. The molecule has 1 saturated heterocycles. The van der Waals surface area contributed by atoms with Gasteiger partial charge in [-0.25, -0.2) is 0 Å². The first-order chi connectivity index (χ1) is 23.6. The van der Waals surface area contributed by atoms with Crippen LogP contribution in [-0.4, -0.2) is 77.3 Å².